The van der Waals surface area contributed by atoms with Gasteiger partial charge in [0.1, 0.15) is 23.1 Å². The molecule has 0 radical (unpaired) electrons. The number of amides is 1. The first kappa shape index (κ1) is 29.3. The molecule has 1 amide bonds. The van der Waals surface area contributed by atoms with E-state index in [-0.39, 0.29) is 23.3 Å². The number of halogens is 5. The minimum absolute atomic E-state index is 0.0196. The van der Waals surface area contributed by atoms with Gasteiger partial charge in [0.05, 0.1) is 12.7 Å². The summed E-state index contributed by atoms with van der Waals surface area (Å²) in [5.41, 5.74) is 0.492. The van der Waals surface area contributed by atoms with Crippen LogP contribution in [0.5, 0.6) is 0 Å². The third-order valence-electron chi connectivity index (χ3n) is 5.03. The molecule has 4 aromatic rings. The van der Waals surface area contributed by atoms with Crippen molar-refractivity contribution < 1.29 is 32.3 Å². The Balaban J connectivity index is 0.000000272. The first-order valence-electron chi connectivity index (χ1n) is 10.7. The molecule has 0 saturated heterocycles. The number of nitrogens with one attached hydrogen (secondary N) is 2. The van der Waals surface area contributed by atoms with E-state index >= 15 is 0 Å². The van der Waals surface area contributed by atoms with Crippen LogP contribution < -0.4 is 10.2 Å². The van der Waals surface area contributed by atoms with Gasteiger partial charge in [0, 0.05) is 37.1 Å². The Morgan fingerprint density at radius 3 is 2.28 bits per heavy atom. The number of carbonyl (C=O) groups excluding carboxylic acids is 3. The number of ether oxygens (including phenoxy) is 1. The van der Waals surface area contributed by atoms with Crippen LogP contribution >= 0.6 is 23.4 Å². The SMILES string of the molecule is COC(=O)c1ccc(C(=O)Cl)cc1.Cn1nc2c(C(=O)NCc3ccnc(C(F)(F)F)c3)ncnc2c1NCl. The fraction of sp³-hybridized carbons (Fsp3) is 0.174. The van der Waals surface area contributed by atoms with Crippen molar-refractivity contribution in [3.63, 3.8) is 0 Å². The number of hydrogen-bond donors (Lipinski definition) is 2. The number of fused-ring (bicyclic) bond motifs is 1. The molecule has 0 unspecified atom stereocenters. The second-order valence-corrected chi connectivity index (χ2v) is 8.09. The normalized spacial score (nSPS) is 10.8. The number of hydrogen-bond acceptors (Lipinski definition) is 9. The van der Waals surface area contributed by atoms with E-state index < -0.39 is 29.0 Å². The lowest BCUT2D eigenvalue weighted by Crippen LogP contribution is -2.24. The van der Waals surface area contributed by atoms with Gasteiger partial charge in [0.15, 0.2) is 11.5 Å². The Morgan fingerprint density at radius 1 is 1.03 bits per heavy atom. The van der Waals surface area contributed by atoms with Gasteiger partial charge in [-0.15, -0.1) is 0 Å². The smallest absolute Gasteiger partial charge is 0.433 e. The van der Waals surface area contributed by atoms with Crippen LogP contribution in [0.2, 0.25) is 0 Å². The van der Waals surface area contributed by atoms with Gasteiger partial charge < -0.3 is 10.1 Å². The number of pyridine rings is 1. The fourth-order valence-corrected chi connectivity index (χ4v) is 3.47. The molecule has 0 saturated carbocycles. The van der Waals surface area contributed by atoms with Gasteiger partial charge in [0.25, 0.3) is 11.1 Å². The maximum Gasteiger partial charge on any atom is 0.433 e. The first-order valence-corrected chi connectivity index (χ1v) is 11.4. The van der Waals surface area contributed by atoms with E-state index in [1.165, 1.54) is 48.5 Å². The summed E-state index contributed by atoms with van der Waals surface area (Å²) < 4.78 is 43.9. The number of alkyl halides is 3. The molecule has 0 fully saturated rings. The first-order chi connectivity index (χ1) is 18.5. The summed E-state index contributed by atoms with van der Waals surface area (Å²) in [6.07, 6.45) is -2.35. The molecule has 11 nitrogen and oxygen atoms in total. The molecule has 0 spiro atoms. The van der Waals surface area contributed by atoms with E-state index in [1.807, 2.05) is 0 Å². The topological polar surface area (TPSA) is 141 Å². The minimum Gasteiger partial charge on any atom is -0.465 e. The van der Waals surface area contributed by atoms with Crippen LogP contribution in [-0.4, -0.2) is 49.0 Å². The van der Waals surface area contributed by atoms with E-state index in [0.717, 1.165) is 12.3 Å². The van der Waals surface area contributed by atoms with Crippen LogP contribution in [0.1, 0.15) is 42.5 Å². The zero-order valence-electron chi connectivity index (χ0n) is 20.1. The predicted molar refractivity (Wildman–Crippen MR) is 134 cm³/mol. The monoisotopic (exact) mass is 583 g/mol. The molecule has 0 aliphatic carbocycles. The van der Waals surface area contributed by atoms with Gasteiger partial charge in [-0.05, 0) is 53.6 Å². The summed E-state index contributed by atoms with van der Waals surface area (Å²) in [4.78, 5) is 47.6. The van der Waals surface area contributed by atoms with E-state index in [2.05, 4.69) is 34.9 Å². The van der Waals surface area contributed by atoms with Gasteiger partial charge in [-0.3, -0.25) is 19.4 Å². The van der Waals surface area contributed by atoms with Crippen LogP contribution in [-0.2, 0) is 24.5 Å². The van der Waals surface area contributed by atoms with Crippen LogP contribution in [0.3, 0.4) is 0 Å². The van der Waals surface area contributed by atoms with Crippen molar-refractivity contribution in [2.24, 2.45) is 7.05 Å². The molecule has 0 bridgehead atoms. The molecule has 0 aliphatic rings. The highest BCUT2D eigenvalue weighted by molar-refractivity contribution is 6.67. The number of esters is 1. The highest BCUT2D eigenvalue weighted by Crippen LogP contribution is 2.27. The quantitative estimate of drug-likeness (QED) is 0.195. The standard InChI is InChI=1S/C14H11ClF3N7O.C9H7ClO3/c1-25-12(23-15)10-9(24-25)11(22-6-21-10)13(26)20-5-7-2-3-19-8(4-7)14(16,17)18;1-13-9(12)7-4-2-6(3-5-7)8(10)11/h2-4,6,23H,5H2,1H3,(H,20,26);2-5H,1H3. The van der Waals surface area contributed by atoms with Crippen molar-refractivity contribution in [3.8, 4) is 0 Å². The van der Waals surface area contributed by atoms with Crippen molar-refractivity contribution in [3.05, 3.63) is 77.0 Å². The molecule has 1 aromatic carbocycles. The van der Waals surface area contributed by atoms with Crippen molar-refractivity contribution in [1.82, 2.24) is 30.0 Å². The summed E-state index contributed by atoms with van der Waals surface area (Å²) in [5.74, 6) is -0.669. The lowest BCUT2D eigenvalue weighted by Gasteiger charge is -2.08. The lowest BCUT2D eigenvalue weighted by atomic mass is 10.1. The predicted octanol–water partition coefficient (Wildman–Crippen LogP) is 4.13. The van der Waals surface area contributed by atoms with Gasteiger partial charge >= 0.3 is 12.1 Å². The molecule has 204 valence electrons. The highest BCUT2D eigenvalue weighted by atomic mass is 35.5. The van der Waals surface area contributed by atoms with Crippen LogP contribution in [0.15, 0.2) is 48.9 Å². The second kappa shape index (κ2) is 12.5. The number of carbonyl (C=O) groups is 3. The maximum absolute atomic E-state index is 12.7. The van der Waals surface area contributed by atoms with Gasteiger partial charge in [-0.2, -0.15) is 18.3 Å². The van der Waals surface area contributed by atoms with Gasteiger partial charge in [-0.1, -0.05) is 0 Å². The number of aromatic nitrogens is 5. The summed E-state index contributed by atoms with van der Waals surface area (Å²) in [5, 5.41) is 6.09. The zero-order valence-corrected chi connectivity index (χ0v) is 21.6. The summed E-state index contributed by atoms with van der Waals surface area (Å²) in [6, 6.07) is 8.17. The summed E-state index contributed by atoms with van der Waals surface area (Å²) in [6.45, 7) is -0.136. The van der Waals surface area contributed by atoms with Crippen molar-refractivity contribution in [1.29, 1.82) is 0 Å². The zero-order chi connectivity index (χ0) is 28.7. The van der Waals surface area contributed by atoms with Crippen LogP contribution in [0, 0.1) is 0 Å². The molecule has 3 aromatic heterocycles. The number of aryl methyl sites for hydroxylation is 1. The molecule has 3 heterocycles. The largest absolute Gasteiger partial charge is 0.465 e. The Morgan fingerprint density at radius 2 is 1.69 bits per heavy atom. The minimum atomic E-state index is -4.56. The molecule has 0 aliphatic heterocycles. The average molecular weight is 584 g/mol. The lowest BCUT2D eigenvalue weighted by molar-refractivity contribution is -0.141. The number of benzene rings is 1. The molecular formula is C23H18Cl2F3N7O4. The second-order valence-electron chi connectivity index (χ2n) is 7.56. The highest BCUT2D eigenvalue weighted by Gasteiger charge is 2.32. The number of methoxy groups -OCH3 is 1. The average Bonchev–Trinajstić information content (AvgIpc) is 3.26. The number of anilines is 1. The molecule has 2 N–H and O–H groups in total. The fourth-order valence-electron chi connectivity index (χ4n) is 3.13. The molecule has 16 heteroatoms. The van der Waals surface area contributed by atoms with Crippen LogP contribution in [0.25, 0.3) is 11.0 Å². The van der Waals surface area contributed by atoms with E-state index in [9.17, 15) is 27.6 Å². The Kier molecular flexibility index (Phi) is 9.37. The van der Waals surface area contributed by atoms with Crippen LogP contribution in [0.4, 0.5) is 19.0 Å². The van der Waals surface area contributed by atoms with Crippen molar-refractivity contribution in [2.45, 2.75) is 12.7 Å². The van der Waals surface area contributed by atoms with E-state index in [1.54, 1.807) is 7.05 Å². The molecule has 4 rings (SSSR count). The third kappa shape index (κ3) is 7.18. The molecule has 0 atom stereocenters. The molecular weight excluding hydrogens is 566 g/mol. The van der Waals surface area contributed by atoms with Crippen molar-refractivity contribution in [2.75, 3.05) is 11.9 Å². The van der Waals surface area contributed by atoms with E-state index in [0.29, 0.717) is 22.5 Å². The van der Waals surface area contributed by atoms with Crippen molar-refractivity contribution >= 4 is 57.3 Å². The maximum atomic E-state index is 12.7. The molecule has 39 heavy (non-hydrogen) atoms. The summed E-state index contributed by atoms with van der Waals surface area (Å²) >= 11 is 10.8. The number of rotatable bonds is 6. The van der Waals surface area contributed by atoms with Gasteiger partial charge in [-0.25, -0.2) is 19.4 Å². The van der Waals surface area contributed by atoms with E-state index in [4.69, 9.17) is 23.4 Å². The Bertz CT molecular complexity index is 1510. The Labute approximate surface area is 228 Å². The summed E-state index contributed by atoms with van der Waals surface area (Å²) in [7, 11) is 2.90. The third-order valence-corrected chi connectivity index (χ3v) is 5.42. The van der Waals surface area contributed by atoms with Gasteiger partial charge in [0.2, 0.25) is 0 Å². The Hall–Kier alpha value is -4.30. The number of nitrogens with zero attached hydrogens (tertiary/aromatic N) is 5.